The van der Waals surface area contributed by atoms with Crippen LogP contribution in [0.3, 0.4) is 0 Å². The van der Waals surface area contributed by atoms with Gasteiger partial charge in [0.25, 0.3) is 0 Å². The van der Waals surface area contributed by atoms with Crippen LogP contribution in [0.15, 0.2) is 41.8 Å². The third-order valence-electron chi connectivity index (χ3n) is 4.33. The molecule has 0 radical (unpaired) electrons. The van der Waals surface area contributed by atoms with Crippen LogP contribution in [0, 0.1) is 11.3 Å². The monoisotopic (exact) mass is 341 g/mol. The van der Waals surface area contributed by atoms with Gasteiger partial charge < -0.3 is 10.1 Å². The molecule has 3 rings (SSSR count). The highest BCUT2D eigenvalue weighted by Crippen LogP contribution is 2.26. The summed E-state index contributed by atoms with van der Waals surface area (Å²) in [6.07, 6.45) is 0.291. The zero-order valence-corrected chi connectivity index (χ0v) is 14.8. The van der Waals surface area contributed by atoms with Gasteiger partial charge in [0.1, 0.15) is 0 Å². The lowest BCUT2D eigenvalue weighted by atomic mass is 10.1. The van der Waals surface area contributed by atoms with Gasteiger partial charge in [0.05, 0.1) is 30.4 Å². The van der Waals surface area contributed by atoms with Crippen molar-refractivity contribution in [1.82, 2.24) is 10.2 Å². The third-order valence-corrected chi connectivity index (χ3v) is 5.31. The van der Waals surface area contributed by atoms with E-state index in [4.69, 9.17) is 10.00 Å². The Balaban J connectivity index is 1.60. The summed E-state index contributed by atoms with van der Waals surface area (Å²) < 4.78 is 5.69. The van der Waals surface area contributed by atoms with Crippen LogP contribution in [-0.2, 0) is 11.3 Å². The number of nitrogens with one attached hydrogen (secondary N) is 1. The first-order valence-electron chi connectivity index (χ1n) is 8.35. The first-order valence-corrected chi connectivity index (χ1v) is 9.23. The molecule has 4 nitrogen and oxygen atoms in total. The van der Waals surface area contributed by atoms with Crippen LogP contribution in [-0.4, -0.2) is 37.2 Å². The smallest absolute Gasteiger partial charge is 0.0991 e. The summed E-state index contributed by atoms with van der Waals surface area (Å²) in [4.78, 5) is 3.92. The minimum absolute atomic E-state index is 0.291. The van der Waals surface area contributed by atoms with Gasteiger partial charge in [-0.3, -0.25) is 4.90 Å². The summed E-state index contributed by atoms with van der Waals surface area (Å²) in [5.74, 6) is 0. The Hall–Kier alpha value is -1.71. The van der Waals surface area contributed by atoms with E-state index < -0.39 is 0 Å². The molecule has 2 aromatic rings. The van der Waals surface area contributed by atoms with E-state index in [1.165, 1.54) is 10.4 Å². The second-order valence-electron chi connectivity index (χ2n) is 6.15. The molecule has 1 saturated heterocycles. The van der Waals surface area contributed by atoms with Gasteiger partial charge in [-0.2, -0.15) is 5.26 Å². The number of ether oxygens (including phenoxy) is 1. The van der Waals surface area contributed by atoms with Gasteiger partial charge in [-0.15, -0.1) is 11.3 Å². The SMILES string of the molecule is CC1CN(C(CNCc2ccc(C#N)cc2)c2cccs2)CCO1. The molecule has 0 amide bonds. The predicted octanol–water partition coefficient (Wildman–Crippen LogP) is 3.17. The lowest BCUT2D eigenvalue weighted by Gasteiger charge is -2.37. The molecule has 0 spiro atoms. The van der Waals surface area contributed by atoms with Gasteiger partial charge in [-0.25, -0.2) is 0 Å². The number of rotatable bonds is 6. The molecule has 2 atom stereocenters. The number of thiophene rings is 1. The number of morpholine rings is 1. The van der Waals surface area contributed by atoms with E-state index in [0.29, 0.717) is 17.7 Å². The van der Waals surface area contributed by atoms with E-state index in [0.717, 1.165) is 32.8 Å². The standard InChI is InChI=1S/C19H23N3OS/c1-15-14-22(8-9-23-15)18(19-3-2-10-24-19)13-21-12-17-6-4-16(11-20)5-7-17/h2-7,10,15,18,21H,8-9,12-14H2,1H3. The molecule has 1 aliphatic rings. The molecule has 0 bridgehead atoms. The first-order chi connectivity index (χ1) is 11.8. The quantitative estimate of drug-likeness (QED) is 0.877. The lowest BCUT2D eigenvalue weighted by molar-refractivity contribution is -0.0339. The summed E-state index contributed by atoms with van der Waals surface area (Å²) in [6.45, 7) is 6.62. The van der Waals surface area contributed by atoms with Crippen LogP contribution in [0.4, 0.5) is 0 Å². The topological polar surface area (TPSA) is 48.3 Å². The van der Waals surface area contributed by atoms with Crippen molar-refractivity contribution in [2.24, 2.45) is 0 Å². The summed E-state index contributed by atoms with van der Waals surface area (Å²) in [7, 11) is 0. The number of nitriles is 1. The van der Waals surface area contributed by atoms with Gasteiger partial charge in [0, 0.05) is 31.1 Å². The van der Waals surface area contributed by atoms with Crippen LogP contribution in [0.5, 0.6) is 0 Å². The van der Waals surface area contributed by atoms with Crippen molar-refractivity contribution >= 4 is 11.3 Å². The van der Waals surface area contributed by atoms with Gasteiger partial charge in [0.2, 0.25) is 0 Å². The number of benzene rings is 1. The van der Waals surface area contributed by atoms with Crippen molar-refractivity contribution in [2.75, 3.05) is 26.2 Å². The summed E-state index contributed by atoms with van der Waals surface area (Å²) >= 11 is 1.82. The first kappa shape index (κ1) is 17.1. The molecule has 126 valence electrons. The maximum Gasteiger partial charge on any atom is 0.0991 e. The summed E-state index contributed by atoms with van der Waals surface area (Å²) in [6, 6.07) is 14.7. The molecule has 2 unspecified atom stereocenters. The fourth-order valence-corrected chi connectivity index (χ4v) is 3.93. The van der Waals surface area contributed by atoms with Crippen molar-refractivity contribution in [2.45, 2.75) is 25.6 Å². The summed E-state index contributed by atoms with van der Waals surface area (Å²) in [5.41, 5.74) is 1.91. The predicted molar refractivity (Wildman–Crippen MR) is 96.9 cm³/mol. The molecule has 1 aromatic carbocycles. The highest BCUT2D eigenvalue weighted by Gasteiger charge is 2.25. The minimum Gasteiger partial charge on any atom is -0.376 e. The van der Waals surface area contributed by atoms with Crippen molar-refractivity contribution in [3.63, 3.8) is 0 Å². The number of hydrogen-bond donors (Lipinski definition) is 1. The Morgan fingerprint density at radius 2 is 2.21 bits per heavy atom. The van der Waals surface area contributed by atoms with E-state index in [1.807, 2.05) is 35.6 Å². The third kappa shape index (κ3) is 4.43. The van der Waals surface area contributed by atoms with E-state index >= 15 is 0 Å². The van der Waals surface area contributed by atoms with Gasteiger partial charge in [-0.05, 0) is 36.1 Å². The molecule has 1 N–H and O–H groups in total. The fraction of sp³-hybridized carbons (Fsp3) is 0.421. The molecule has 1 aromatic heterocycles. The van der Waals surface area contributed by atoms with Crippen LogP contribution in [0.25, 0.3) is 0 Å². The molecule has 5 heteroatoms. The maximum absolute atomic E-state index is 8.87. The Morgan fingerprint density at radius 3 is 2.88 bits per heavy atom. The zero-order valence-electron chi connectivity index (χ0n) is 13.9. The van der Waals surface area contributed by atoms with Crippen LogP contribution >= 0.6 is 11.3 Å². The van der Waals surface area contributed by atoms with E-state index in [-0.39, 0.29) is 0 Å². The molecule has 1 fully saturated rings. The lowest BCUT2D eigenvalue weighted by Crippen LogP contribution is -2.45. The number of nitrogens with zero attached hydrogens (tertiary/aromatic N) is 2. The highest BCUT2D eigenvalue weighted by molar-refractivity contribution is 7.10. The largest absolute Gasteiger partial charge is 0.376 e. The molecule has 0 aliphatic carbocycles. The van der Waals surface area contributed by atoms with Crippen LogP contribution < -0.4 is 5.32 Å². The second kappa shape index (κ2) is 8.41. The normalized spacial score (nSPS) is 19.8. The second-order valence-corrected chi connectivity index (χ2v) is 7.13. The van der Waals surface area contributed by atoms with Crippen molar-refractivity contribution < 1.29 is 4.74 Å². The Labute approximate surface area is 147 Å². The van der Waals surface area contributed by atoms with Gasteiger partial charge in [-0.1, -0.05) is 18.2 Å². The van der Waals surface area contributed by atoms with Crippen molar-refractivity contribution in [1.29, 1.82) is 5.26 Å². The van der Waals surface area contributed by atoms with Crippen LogP contribution in [0.2, 0.25) is 0 Å². The molecule has 24 heavy (non-hydrogen) atoms. The molecular weight excluding hydrogens is 318 g/mol. The Bertz CT molecular complexity index is 663. The van der Waals surface area contributed by atoms with E-state index in [1.54, 1.807) is 0 Å². The van der Waals surface area contributed by atoms with Gasteiger partial charge in [0.15, 0.2) is 0 Å². The molecule has 1 aliphatic heterocycles. The number of hydrogen-bond acceptors (Lipinski definition) is 5. The molecule has 2 heterocycles. The van der Waals surface area contributed by atoms with E-state index in [2.05, 4.69) is 40.7 Å². The fourth-order valence-electron chi connectivity index (χ4n) is 3.07. The van der Waals surface area contributed by atoms with Crippen molar-refractivity contribution in [3.05, 3.63) is 57.8 Å². The van der Waals surface area contributed by atoms with Crippen molar-refractivity contribution in [3.8, 4) is 6.07 Å². The average molecular weight is 341 g/mol. The molecule has 0 saturated carbocycles. The van der Waals surface area contributed by atoms with Gasteiger partial charge >= 0.3 is 0 Å². The maximum atomic E-state index is 8.87. The van der Waals surface area contributed by atoms with E-state index in [9.17, 15) is 0 Å². The Kier molecular flexibility index (Phi) is 6.00. The zero-order chi connectivity index (χ0) is 16.8. The van der Waals surface area contributed by atoms with Crippen LogP contribution in [0.1, 0.15) is 29.0 Å². The average Bonchev–Trinajstić information content (AvgIpc) is 3.13. The molecular formula is C19H23N3OS. The Morgan fingerprint density at radius 1 is 1.38 bits per heavy atom. The summed E-state index contributed by atoms with van der Waals surface area (Å²) in [5, 5.41) is 14.6. The minimum atomic E-state index is 0.291. The highest BCUT2D eigenvalue weighted by atomic mass is 32.1.